The summed E-state index contributed by atoms with van der Waals surface area (Å²) in [6.07, 6.45) is 6.38. The van der Waals surface area contributed by atoms with Gasteiger partial charge in [-0.05, 0) is 67.5 Å². The summed E-state index contributed by atoms with van der Waals surface area (Å²) in [7, 11) is 0. The van der Waals surface area contributed by atoms with Gasteiger partial charge in [-0.1, -0.05) is 18.2 Å². The van der Waals surface area contributed by atoms with Crippen LogP contribution in [0.4, 0.5) is 14.5 Å². The van der Waals surface area contributed by atoms with Crippen LogP contribution in [0.1, 0.15) is 37.2 Å². The lowest BCUT2D eigenvalue weighted by Crippen LogP contribution is -2.60. The molecule has 2 fully saturated rings. The molecule has 2 aliphatic rings. The lowest BCUT2D eigenvalue weighted by molar-refractivity contribution is -0.150. The molecule has 0 atom stereocenters. The summed E-state index contributed by atoms with van der Waals surface area (Å²) in [6.45, 7) is -0.114. The fourth-order valence-electron chi connectivity index (χ4n) is 4.94. The molecule has 0 bridgehead atoms. The number of rotatable bonds is 3. The second-order valence-corrected chi connectivity index (χ2v) is 8.33. The highest BCUT2D eigenvalue weighted by molar-refractivity contribution is 5.86. The molecule has 2 aromatic carbocycles. The molecule has 0 radical (unpaired) electrons. The Labute approximate surface area is 163 Å². The summed E-state index contributed by atoms with van der Waals surface area (Å²) >= 11 is 0. The number of halogens is 2. The molecule has 0 amide bonds. The summed E-state index contributed by atoms with van der Waals surface area (Å²) < 4.78 is 28.6. The van der Waals surface area contributed by atoms with Crippen molar-refractivity contribution in [1.29, 1.82) is 0 Å². The van der Waals surface area contributed by atoms with Gasteiger partial charge in [0.15, 0.2) is 0 Å². The Morgan fingerprint density at radius 2 is 1.57 bits per heavy atom. The van der Waals surface area contributed by atoms with Gasteiger partial charge in [0.25, 0.3) is 5.92 Å². The first kappa shape index (κ1) is 17.7. The maximum Gasteiger partial charge on any atom is 0.272 e. The van der Waals surface area contributed by atoms with Crippen LogP contribution in [0, 0.1) is 0 Å². The van der Waals surface area contributed by atoms with Crippen molar-refractivity contribution in [3.05, 3.63) is 60.3 Å². The summed E-state index contributed by atoms with van der Waals surface area (Å²) in [4.78, 5) is 1.97. The van der Waals surface area contributed by atoms with E-state index in [0.29, 0.717) is 12.0 Å². The number of hydrogen-bond donors (Lipinski definition) is 1. The number of nitrogens with zero attached hydrogens (tertiary/aromatic N) is 2. The van der Waals surface area contributed by atoms with Crippen LogP contribution in [-0.2, 0) is 0 Å². The van der Waals surface area contributed by atoms with E-state index in [4.69, 9.17) is 5.73 Å². The highest BCUT2D eigenvalue weighted by atomic mass is 19.3. The number of hydrogen-bond acceptors (Lipinski definition) is 2. The van der Waals surface area contributed by atoms with Gasteiger partial charge in [0.2, 0.25) is 0 Å². The molecule has 3 aromatic rings. The quantitative estimate of drug-likeness (QED) is 0.634. The van der Waals surface area contributed by atoms with Gasteiger partial charge >= 0.3 is 0 Å². The molecule has 1 aromatic heterocycles. The van der Waals surface area contributed by atoms with Crippen molar-refractivity contribution in [3.8, 4) is 5.69 Å². The maximum atomic E-state index is 13.2. The molecule has 0 spiro atoms. The number of alkyl halides is 2. The lowest BCUT2D eigenvalue weighted by atomic mass is 9.80. The Morgan fingerprint density at radius 3 is 2.25 bits per heavy atom. The highest BCUT2D eigenvalue weighted by Crippen LogP contribution is 2.41. The number of nitrogen functional groups attached to an aromatic ring is 1. The fraction of sp³-hybridized carbons (Fsp3) is 0.391. The molecule has 1 saturated carbocycles. The molecule has 1 saturated heterocycles. The summed E-state index contributed by atoms with van der Waals surface area (Å²) in [5, 5.41) is 1.29. The van der Waals surface area contributed by atoms with Crippen molar-refractivity contribution in [3.63, 3.8) is 0 Å². The van der Waals surface area contributed by atoms with E-state index in [1.165, 1.54) is 16.5 Å². The summed E-state index contributed by atoms with van der Waals surface area (Å²) in [6, 6.07) is 16.8. The first-order valence-electron chi connectivity index (χ1n) is 10.1. The molecule has 3 nitrogen and oxygen atoms in total. The zero-order valence-corrected chi connectivity index (χ0v) is 15.8. The van der Waals surface area contributed by atoms with E-state index in [0.717, 1.165) is 37.1 Å². The molecule has 5 rings (SSSR count). The minimum absolute atomic E-state index is 0.0568. The molecule has 28 heavy (non-hydrogen) atoms. The first-order chi connectivity index (χ1) is 13.5. The van der Waals surface area contributed by atoms with Gasteiger partial charge in [-0.15, -0.1) is 0 Å². The lowest BCUT2D eigenvalue weighted by Gasteiger charge is -2.46. The zero-order valence-electron chi connectivity index (χ0n) is 15.8. The largest absolute Gasteiger partial charge is 0.399 e. The number of anilines is 1. The van der Waals surface area contributed by atoms with E-state index in [1.807, 2.05) is 29.2 Å². The number of benzene rings is 2. The zero-order chi connectivity index (χ0) is 19.3. The second-order valence-electron chi connectivity index (χ2n) is 8.33. The minimum Gasteiger partial charge on any atom is -0.399 e. The monoisotopic (exact) mass is 381 g/mol. The third kappa shape index (κ3) is 3.08. The molecular formula is C23H25F2N3. The maximum absolute atomic E-state index is 13.2. The van der Waals surface area contributed by atoms with Crippen molar-refractivity contribution in [1.82, 2.24) is 9.47 Å². The third-order valence-corrected chi connectivity index (χ3v) is 6.44. The Kier molecular flexibility index (Phi) is 4.16. The average Bonchev–Trinajstić information content (AvgIpc) is 3.07. The van der Waals surface area contributed by atoms with Crippen LogP contribution >= 0.6 is 0 Å². The number of likely N-dealkylation sites (tertiary alicyclic amines) is 1. The second kappa shape index (κ2) is 6.59. The van der Waals surface area contributed by atoms with Crippen molar-refractivity contribution in [2.24, 2.45) is 0 Å². The molecular weight excluding hydrogens is 356 g/mol. The van der Waals surface area contributed by atoms with Crippen LogP contribution in [0.25, 0.3) is 16.6 Å². The van der Waals surface area contributed by atoms with Gasteiger partial charge in [-0.2, -0.15) is 0 Å². The number of aromatic nitrogens is 1. The van der Waals surface area contributed by atoms with E-state index >= 15 is 0 Å². The van der Waals surface area contributed by atoms with Crippen LogP contribution in [-0.4, -0.2) is 34.5 Å². The van der Waals surface area contributed by atoms with Gasteiger partial charge in [0, 0.05) is 29.0 Å². The Hall–Kier alpha value is -2.40. The molecule has 1 aliphatic heterocycles. The van der Waals surface area contributed by atoms with Gasteiger partial charge in [-0.3, -0.25) is 4.90 Å². The highest BCUT2D eigenvalue weighted by Gasteiger charge is 2.47. The summed E-state index contributed by atoms with van der Waals surface area (Å²) in [5.41, 5.74) is 10.3. The van der Waals surface area contributed by atoms with E-state index in [2.05, 4.69) is 35.0 Å². The minimum atomic E-state index is -2.47. The molecule has 2 heterocycles. The topological polar surface area (TPSA) is 34.2 Å². The Morgan fingerprint density at radius 1 is 0.893 bits per heavy atom. The molecule has 0 unspecified atom stereocenters. The third-order valence-electron chi connectivity index (χ3n) is 6.44. The predicted molar refractivity (Wildman–Crippen MR) is 109 cm³/mol. The van der Waals surface area contributed by atoms with E-state index in [-0.39, 0.29) is 13.1 Å². The summed E-state index contributed by atoms with van der Waals surface area (Å²) in [5.74, 6) is -1.98. The normalized spacial score (nSPS) is 24.9. The number of nitrogens with two attached hydrogens (primary N) is 1. The van der Waals surface area contributed by atoms with Crippen molar-refractivity contribution in [2.75, 3.05) is 18.8 Å². The van der Waals surface area contributed by atoms with E-state index in [9.17, 15) is 8.78 Å². The Bertz CT molecular complexity index is 977. The fourth-order valence-corrected chi connectivity index (χ4v) is 4.94. The molecule has 146 valence electrons. The van der Waals surface area contributed by atoms with Gasteiger partial charge in [0.1, 0.15) is 0 Å². The van der Waals surface area contributed by atoms with E-state index in [1.54, 1.807) is 0 Å². The number of para-hydroxylation sites is 1. The molecule has 2 N–H and O–H groups in total. The van der Waals surface area contributed by atoms with Crippen LogP contribution in [0.5, 0.6) is 0 Å². The van der Waals surface area contributed by atoms with Crippen molar-refractivity contribution >= 4 is 16.6 Å². The predicted octanol–water partition coefficient (Wildman–Crippen LogP) is 5.19. The van der Waals surface area contributed by atoms with Gasteiger partial charge < -0.3 is 10.3 Å². The van der Waals surface area contributed by atoms with Gasteiger partial charge in [0.05, 0.1) is 18.6 Å². The first-order valence-corrected chi connectivity index (χ1v) is 10.1. The van der Waals surface area contributed by atoms with Crippen molar-refractivity contribution < 1.29 is 8.78 Å². The van der Waals surface area contributed by atoms with Gasteiger partial charge in [-0.25, -0.2) is 8.78 Å². The molecule has 1 aliphatic carbocycles. The standard InChI is InChI=1S/C23H25F2N3/c24-23(25)14-27(15-23)18-9-5-16(6-10-18)21-13-28(19-11-7-17(26)8-12-19)22-4-2-1-3-20(21)22/h1-4,7-8,11-13,16,18H,5-6,9-10,14-15,26H2/t16-,18+. The van der Waals surface area contributed by atoms with Crippen LogP contribution < -0.4 is 5.73 Å². The Balaban J connectivity index is 1.40. The average molecular weight is 381 g/mol. The van der Waals surface area contributed by atoms with E-state index < -0.39 is 5.92 Å². The smallest absolute Gasteiger partial charge is 0.272 e. The number of fused-ring (bicyclic) bond motifs is 1. The van der Waals surface area contributed by atoms with Crippen LogP contribution in [0.15, 0.2) is 54.7 Å². The van der Waals surface area contributed by atoms with Crippen molar-refractivity contribution in [2.45, 2.75) is 43.6 Å². The SMILES string of the molecule is Nc1ccc(-n2cc([C@H]3CC[C@@H](N4CC(F)(F)C4)CC3)c3ccccc32)cc1. The molecule has 5 heteroatoms. The van der Waals surface area contributed by atoms with Crippen LogP contribution in [0.3, 0.4) is 0 Å². The van der Waals surface area contributed by atoms with Crippen LogP contribution in [0.2, 0.25) is 0 Å².